The maximum atomic E-state index is 12.5. The number of allylic oxidation sites excluding steroid dienone is 1. The van der Waals surface area contributed by atoms with Crippen LogP contribution in [0.4, 0.5) is 0 Å². The number of rotatable bonds is 3. The summed E-state index contributed by atoms with van der Waals surface area (Å²) in [7, 11) is 0. The number of fused-ring (bicyclic) bond motifs is 1. The van der Waals surface area contributed by atoms with Crippen molar-refractivity contribution in [2.45, 2.75) is 6.92 Å². The van der Waals surface area contributed by atoms with E-state index in [0.29, 0.717) is 16.5 Å². The smallest absolute Gasteiger partial charge is 0.336 e. The van der Waals surface area contributed by atoms with Crippen molar-refractivity contribution < 1.29 is 19.4 Å². The topological polar surface area (TPSA) is 87.7 Å². The number of phenols is 2. The second kappa shape index (κ2) is 6.04. The summed E-state index contributed by atoms with van der Waals surface area (Å²) in [6.07, 6.45) is 2.65. The zero-order chi connectivity index (χ0) is 17.3. The van der Waals surface area contributed by atoms with Crippen LogP contribution in [-0.4, -0.2) is 16.0 Å². The van der Waals surface area contributed by atoms with Gasteiger partial charge in [0.05, 0.1) is 0 Å². The van der Waals surface area contributed by atoms with Crippen LogP contribution in [0.2, 0.25) is 0 Å². The van der Waals surface area contributed by atoms with E-state index in [9.17, 15) is 19.8 Å². The van der Waals surface area contributed by atoms with Gasteiger partial charge in [0.2, 0.25) is 0 Å². The lowest BCUT2D eigenvalue weighted by atomic mass is 10.0. The summed E-state index contributed by atoms with van der Waals surface area (Å²) in [6.45, 7) is 1.72. The van der Waals surface area contributed by atoms with Gasteiger partial charge in [0.15, 0.2) is 11.4 Å². The van der Waals surface area contributed by atoms with Gasteiger partial charge in [0.1, 0.15) is 17.1 Å². The fourth-order valence-corrected chi connectivity index (χ4v) is 2.49. The molecule has 24 heavy (non-hydrogen) atoms. The number of para-hydroxylation sites is 1. The van der Waals surface area contributed by atoms with E-state index in [1.165, 1.54) is 30.4 Å². The van der Waals surface area contributed by atoms with Gasteiger partial charge in [-0.05, 0) is 42.8 Å². The average Bonchev–Trinajstić information content (AvgIpc) is 2.53. The lowest BCUT2D eigenvalue weighted by Gasteiger charge is -2.06. The predicted molar refractivity (Wildman–Crippen MR) is 90.4 cm³/mol. The highest BCUT2D eigenvalue weighted by Crippen LogP contribution is 2.29. The minimum atomic E-state index is -0.593. The van der Waals surface area contributed by atoms with Crippen LogP contribution in [0, 0.1) is 6.92 Å². The minimum Gasteiger partial charge on any atom is -0.507 e. The third kappa shape index (κ3) is 2.79. The van der Waals surface area contributed by atoms with Gasteiger partial charge in [-0.25, -0.2) is 4.79 Å². The molecule has 0 aliphatic rings. The van der Waals surface area contributed by atoms with E-state index in [4.69, 9.17) is 4.42 Å². The van der Waals surface area contributed by atoms with Crippen LogP contribution in [0.3, 0.4) is 0 Å². The summed E-state index contributed by atoms with van der Waals surface area (Å²) in [5, 5.41) is 20.3. The Morgan fingerprint density at radius 3 is 2.58 bits per heavy atom. The molecule has 0 fully saturated rings. The number of hydrogen-bond donors (Lipinski definition) is 2. The highest BCUT2D eigenvalue weighted by Gasteiger charge is 2.17. The number of hydrogen-bond acceptors (Lipinski definition) is 5. The molecule has 0 aliphatic carbocycles. The summed E-state index contributed by atoms with van der Waals surface area (Å²) in [5.74, 6) is -0.774. The number of carbonyl (C=O) groups is 1. The van der Waals surface area contributed by atoms with Crippen molar-refractivity contribution in [2.24, 2.45) is 0 Å². The minimum absolute atomic E-state index is 0.0334. The Kier molecular flexibility index (Phi) is 3.92. The van der Waals surface area contributed by atoms with Gasteiger partial charge in [-0.3, -0.25) is 4.79 Å². The zero-order valence-corrected chi connectivity index (χ0v) is 12.8. The highest BCUT2D eigenvalue weighted by molar-refractivity contribution is 6.15. The Labute approximate surface area is 137 Å². The van der Waals surface area contributed by atoms with Crippen molar-refractivity contribution in [3.63, 3.8) is 0 Å². The Morgan fingerprint density at radius 2 is 1.83 bits per heavy atom. The normalized spacial score (nSPS) is 11.2. The third-order valence-electron chi connectivity index (χ3n) is 3.69. The first-order valence-corrected chi connectivity index (χ1v) is 7.24. The molecular formula is C19H14O5. The van der Waals surface area contributed by atoms with Gasteiger partial charge in [0, 0.05) is 17.0 Å². The molecule has 0 amide bonds. The quantitative estimate of drug-likeness (QED) is 0.438. The number of phenolic OH excluding ortho intramolecular Hbond substituents is 2. The molecule has 3 rings (SSSR count). The van der Waals surface area contributed by atoms with Crippen molar-refractivity contribution in [2.75, 3.05) is 0 Å². The van der Waals surface area contributed by atoms with Gasteiger partial charge in [0.25, 0.3) is 0 Å². The molecule has 2 aromatic carbocycles. The summed E-state index contributed by atoms with van der Waals surface area (Å²) in [6, 6.07) is 10.8. The molecule has 5 heteroatoms. The Hall–Kier alpha value is -3.34. The van der Waals surface area contributed by atoms with Crippen LogP contribution in [0.15, 0.2) is 57.8 Å². The van der Waals surface area contributed by atoms with E-state index in [2.05, 4.69) is 0 Å². The molecule has 2 N–H and O–H groups in total. The SMILES string of the molecule is Cc1cc(=O)oc2c(C(=O)/C=C/c3ccccc3O)c(O)ccc12. The monoisotopic (exact) mass is 322 g/mol. The van der Waals surface area contributed by atoms with Gasteiger partial charge < -0.3 is 14.6 Å². The van der Waals surface area contributed by atoms with Crippen LogP contribution in [0.1, 0.15) is 21.5 Å². The molecule has 0 saturated carbocycles. The highest BCUT2D eigenvalue weighted by atomic mass is 16.4. The molecule has 1 aromatic heterocycles. The fourth-order valence-electron chi connectivity index (χ4n) is 2.49. The number of aryl methyl sites for hydroxylation is 1. The first-order chi connectivity index (χ1) is 11.5. The molecule has 1 heterocycles. The fraction of sp³-hybridized carbons (Fsp3) is 0.0526. The van der Waals surface area contributed by atoms with Crippen molar-refractivity contribution in [1.82, 2.24) is 0 Å². The molecule has 5 nitrogen and oxygen atoms in total. The summed E-state index contributed by atoms with van der Waals surface area (Å²) >= 11 is 0. The van der Waals surface area contributed by atoms with Crippen LogP contribution in [0.5, 0.6) is 11.5 Å². The molecule has 0 radical (unpaired) electrons. The van der Waals surface area contributed by atoms with Crippen molar-refractivity contribution in [1.29, 1.82) is 0 Å². The maximum absolute atomic E-state index is 12.5. The van der Waals surface area contributed by atoms with E-state index >= 15 is 0 Å². The standard InChI is InChI=1S/C19H14O5/c1-11-10-17(23)24-19-13(11)7-9-16(22)18(19)15(21)8-6-12-4-2-3-5-14(12)20/h2-10,20,22H,1H3/b8-6+. The molecule has 0 spiro atoms. The Bertz CT molecular complexity index is 1030. The first kappa shape index (κ1) is 15.6. The van der Waals surface area contributed by atoms with Crippen LogP contribution in [-0.2, 0) is 0 Å². The van der Waals surface area contributed by atoms with E-state index in [-0.39, 0.29) is 22.6 Å². The molecule has 120 valence electrons. The van der Waals surface area contributed by atoms with Gasteiger partial charge in [-0.1, -0.05) is 18.2 Å². The summed E-state index contributed by atoms with van der Waals surface area (Å²) in [5.41, 5.74) is 0.486. The predicted octanol–water partition coefficient (Wildman–Crippen LogP) is 3.41. The number of ketones is 1. The first-order valence-electron chi connectivity index (χ1n) is 7.24. The second-order valence-corrected chi connectivity index (χ2v) is 5.34. The molecule has 0 bridgehead atoms. The van der Waals surface area contributed by atoms with Gasteiger partial charge >= 0.3 is 5.63 Å². The van der Waals surface area contributed by atoms with Crippen LogP contribution < -0.4 is 5.63 Å². The van der Waals surface area contributed by atoms with Crippen LogP contribution in [0.25, 0.3) is 17.0 Å². The molecule has 0 aliphatic heterocycles. The molecule has 3 aromatic rings. The largest absolute Gasteiger partial charge is 0.507 e. The van der Waals surface area contributed by atoms with Crippen molar-refractivity contribution in [3.05, 3.63) is 75.7 Å². The molecule has 0 unspecified atom stereocenters. The number of carbonyl (C=O) groups excluding carboxylic acids is 1. The number of benzene rings is 2. The molecule has 0 saturated heterocycles. The van der Waals surface area contributed by atoms with Crippen molar-refractivity contribution in [3.8, 4) is 11.5 Å². The summed E-state index contributed by atoms with van der Waals surface area (Å²) < 4.78 is 5.13. The van der Waals surface area contributed by atoms with Crippen molar-refractivity contribution >= 4 is 22.8 Å². The van der Waals surface area contributed by atoms with E-state index in [1.54, 1.807) is 31.2 Å². The Morgan fingerprint density at radius 1 is 1.08 bits per heavy atom. The summed E-state index contributed by atoms with van der Waals surface area (Å²) in [4.78, 5) is 24.1. The average molecular weight is 322 g/mol. The van der Waals surface area contributed by atoms with Crippen LogP contribution >= 0.6 is 0 Å². The lowest BCUT2D eigenvalue weighted by Crippen LogP contribution is -2.03. The third-order valence-corrected chi connectivity index (χ3v) is 3.69. The van der Waals surface area contributed by atoms with Gasteiger partial charge in [-0.2, -0.15) is 0 Å². The Balaban J connectivity index is 2.12. The molecule has 0 atom stereocenters. The molecular weight excluding hydrogens is 308 g/mol. The van der Waals surface area contributed by atoms with E-state index in [1.807, 2.05) is 0 Å². The second-order valence-electron chi connectivity index (χ2n) is 5.34. The van der Waals surface area contributed by atoms with Gasteiger partial charge in [-0.15, -0.1) is 0 Å². The van der Waals surface area contributed by atoms with E-state index in [0.717, 1.165) is 0 Å². The number of aromatic hydroxyl groups is 2. The zero-order valence-electron chi connectivity index (χ0n) is 12.8. The van der Waals surface area contributed by atoms with E-state index < -0.39 is 11.4 Å². The maximum Gasteiger partial charge on any atom is 0.336 e. The lowest BCUT2D eigenvalue weighted by molar-refractivity contribution is 0.104.